The Bertz CT molecular complexity index is 1040. The van der Waals surface area contributed by atoms with Gasteiger partial charge < -0.3 is 5.11 Å². The van der Waals surface area contributed by atoms with E-state index in [4.69, 9.17) is 10.4 Å². The number of fused-ring (bicyclic) bond motifs is 1. The first-order valence-electron chi connectivity index (χ1n) is 7.19. The van der Waals surface area contributed by atoms with Crippen molar-refractivity contribution in [2.75, 3.05) is 0 Å². The molecule has 0 aliphatic carbocycles. The van der Waals surface area contributed by atoms with Gasteiger partial charge in [0.2, 0.25) is 0 Å². The van der Waals surface area contributed by atoms with Crippen molar-refractivity contribution in [3.05, 3.63) is 56.2 Å². The van der Waals surface area contributed by atoms with Crippen molar-refractivity contribution in [2.24, 2.45) is 12.0 Å². The van der Waals surface area contributed by atoms with E-state index in [1.165, 1.54) is 17.8 Å². The lowest BCUT2D eigenvalue weighted by Crippen LogP contribution is -2.41. The van der Waals surface area contributed by atoms with Crippen LogP contribution in [0.2, 0.25) is 0 Å². The summed E-state index contributed by atoms with van der Waals surface area (Å²) in [5.41, 5.74) is 0.0380. The van der Waals surface area contributed by atoms with Crippen LogP contribution in [0.15, 0.2) is 43.7 Å². The van der Waals surface area contributed by atoms with Crippen molar-refractivity contribution in [3.63, 3.8) is 0 Å². The van der Waals surface area contributed by atoms with Gasteiger partial charge in [-0.25, -0.2) is 9.79 Å². The van der Waals surface area contributed by atoms with Gasteiger partial charge in [0, 0.05) is 13.3 Å². The Labute approximate surface area is 145 Å². The Morgan fingerprint density at radius 3 is 2.64 bits per heavy atom. The van der Waals surface area contributed by atoms with E-state index in [1.807, 2.05) is 6.07 Å². The highest BCUT2D eigenvalue weighted by molar-refractivity contribution is 8.01. The van der Waals surface area contributed by atoms with E-state index in [9.17, 15) is 14.4 Å². The minimum atomic E-state index is -1.11. The fraction of sp³-hybridized carbons (Fsp3) is 0.188. The molecule has 2 heterocycles. The number of nitrogens with zero attached hydrogens (tertiary/aromatic N) is 4. The number of thioether (sulfide) groups is 1. The number of benzene rings is 1. The van der Waals surface area contributed by atoms with Gasteiger partial charge in [0.05, 0.1) is 18.2 Å². The highest BCUT2D eigenvalue weighted by Gasteiger charge is 2.27. The molecule has 0 saturated carbocycles. The molecule has 9 heteroatoms. The molecule has 1 N–H and O–H groups in total. The second-order valence-electron chi connectivity index (χ2n) is 5.35. The maximum absolute atomic E-state index is 12.7. The summed E-state index contributed by atoms with van der Waals surface area (Å²) in [4.78, 5) is 40.4. The summed E-state index contributed by atoms with van der Waals surface area (Å²) in [6.07, 6.45) is 1.21. The van der Waals surface area contributed by atoms with Crippen molar-refractivity contribution in [2.45, 2.75) is 16.7 Å². The fourth-order valence-corrected chi connectivity index (χ4v) is 3.38. The number of hydrogen-bond donors (Lipinski definition) is 1. The minimum Gasteiger partial charge on any atom is -0.480 e. The van der Waals surface area contributed by atoms with Crippen molar-refractivity contribution < 1.29 is 9.90 Å². The van der Waals surface area contributed by atoms with Crippen LogP contribution in [0.3, 0.4) is 0 Å². The number of carboxylic acid groups (broad SMARTS) is 1. The average Bonchev–Trinajstić information content (AvgIpc) is 2.63. The fourth-order valence-electron chi connectivity index (χ4n) is 2.39. The van der Waals surface area contributed by atoms with Crippen LogP contribution in [-0.2, 0) is 18.4 Å². The summed E-state index contributed by atoms with van der Waals surface area (Å²) >= 11 is 0.860. The predicted octanol–water partition coefficient (Wildman–Crippen LogP) is 0.728. The van der Waals surface area contributed by atoms with Crippen LogP contribution in [-0.4, -0.2) is 31.7 Å². The van der Waals surface area contributed by atoms with Gasteiger partial charge in [-0.2, -0.15) is 5.26 Å². The van der Waals surface area contributed by atoms with Crippen molar-refractivity contribution in [1.82, 2.24) is 9.13 Å². The normalized spacial score (nSPS) is 15.4. The van der Waals surface area contributed by atoms with Crippen molar-refractivity contribution in [1.29, 1.82) is 5.26 Å². The van der Waals surface area contributed by atoms with Crippen LogP contribution in [0.25, 0.3) is 0 Å². The molecule has 0 saturated heterocycles. The van der Waals surface area contributed by atoms with Crippen LogP contribution in [0.4, 0.5) is 5.82 Å². The Balaban J connectivity index is 2.08. The molecule has 2 aromatic rings. The van der Waals surface area contributed by atoms with E-state index in [0.717, 1.165) is 16.3 Å². The number of rotatable bonds is 3. The first-order valence-corrected chi connectivity index (χ1v) is 8.07. The molecule has 1 unspecified atom stereocenters. The van der Waals surface area contributed by atoms with Gasteiger partial charge in [-0.3, -0.25) is 18.7 Å². The van der Waals surface area contributed by atoms with E-state index < -0.39 is 22.5 Å². The van der Waals surface area contributed by atoms with Crippen LogP contribution in [0.5, 0.6) is 0 Å². The van der Waals surface area contributed by atoms with E-state index in [1.54, 1.807) is 24.3 Å². The number of hydrogen-bond acceptors (Lipinski definition) is 6. The first kappa shape index (κ1) is 16.7. The van der Waals surface area contributed by atoms with Crippen molar-refractivity contribution in [3.8, 4) is 6.07 Å². The third kappa shape index (κ3) is 2.99. The summed E-state index contributed by atoms with van der Waals surface area (Å²) in [6.45, 7) is 0.0203. The lowest BCUT2D eigenvalue weighted by molar-refractivity contribution is -0.135. The average molecular weight is 356 g/mol. The largest absolute Gasteiger partial charge is 0.480 e. The summed E-state index contributed by atoms with van der Waals surface area (Å²) in [5, 5.41) is 17.0. The Morgan fingerprint density at radius 2 is 2.04 bits per heavy atom. The van der Waals surface area contributed by atoms with E-state index in [-0.39, 0.29) is 17.3 Å². The molecule has 1 atom stereocenters. The molecule has 1 aliphatic heterocycles. The van der Waals surface area contributed by atoms with Gasteiger partial charge in [-0.1, -0.05) is 23.9 Å². The SMILES string of the molecule is Cn1c2c(c(=O)n(Cc3ccc(C#N)cc3)c1=O)SC(C(=O)O)C=N2. The summed E-state index contributed by atoms with van der Waals surface area (Å²) in [5.74, 6) is -0.945. The molecule has 3 rings (SSSR count). The van der Waals surface area contributed by atoms with E-state index in [0.29, 0.717) is 11.1 Å². The third-order valence-electron chi connectivity index (χ3n) is 3.72. The summed E-state index contributed by atoms with van der Waals surface area (Å²) in [7, 11) is 1.48. The highest BCUT2D eigenvalue weighted by Crippen LogP contribution is 2.31. The third-order valence-corrected chi connectivity index (χ3v) is 4.89. The zero-order valence-electron chi connectivity index (χ0n) is 13.0. The zero-order chi connectivity index (χ0) is 18.1. The Kier molecular flexibility index (Phi) is 4.29. The predicted molar refractivity (Wildman–Crippen MR) is 91.6 cm³/mol. The molecule has 0 spiro atoms. The number of aliphatic imine (C=N–C) groups is 1. The molecule has 1 aromatic carbocycles. The molecule has 1 aliphatic rings. The molecule has 0 radical (unpaired) electrons. The highest BCUT2D eigenvalue weighted by atomic mass is 32.2. The number of aromatic nitrogens is 2. The second-order valence-corrected chi connectivity index (χ2v) is 6.50. The summed E-state index contributed by atoms with van der Waals surface area (Å²) < 4.78 is 2.26. The molecule has 25 heavy (non-hydrogen) atoms. The second kappa shape index (κ2) is 6.41. The van der Waals surface area contributed by atoms with Gasteiger partial charge in [0.15, 0.2) is 5.82 Å². The number of aliphatic carboxylic acids is 1. The van der Waals surface area contributed by atoms with Gasteiger partial charge in [0.25, 0.3) is 5.56 Å². The standard InChI is InChI=1S/C16H12N4O4S/c1-19-13-12(25-11(7-18-13)15(22)23)14(21)20(16(19)24)8-10-4-2-9(6-17)3-5-10/h2-5,7,11H,8H2,1H3,(H,22,23). The van der Waals surface area contributed by atoms with E-state index >= 15 is 0 Å². The summed E-state index contributed by atoms with van der Waals surface area (Å²) in [6, 6.07) is 8.52. The maximum Gasteiger partial charge on any atom is 0.332 e. The molecule has 8 nitrogen and oxygen atoms in total. The maximum atomic E-state index is 12.7. The molecular weight excluding hydrogens is 344 g/mol. The quantitative estimate of drug-likeness (QED) is 0.866. The Hall–Kier alpha value is -3.12. The number of nitriles is 1. The topological polar surface area (TPSA) is 117 Å². The van der Waals surface area contributed by atoms with Crippen molar-refractivity contribution >= 4 is 29.8 Å². The molecule has 0 bridgehead atoms. The van der Waals surface area contributed by atoms with Crippen LogP contribution >= 0.6 is 11.8 Å². The smallest absolute Gasteiger partial charge is 0.332 e. The van der Waals surface area contributed by atoms with Crippen LogP contribution in [0.1, 0.15) is 11.1 Å². The molecule has 1 aromatic heterocycles. The number of carboxylic acids is 1. The van der Waals surface area contributed by atoms with Crippen LogP contribution < -0.4 is 11.2 Å². The van der Waals surface area contributed by atoms with Gasteiger partial charge >= 0.3 is 11.7 Å². The minimum absolute atomic E-state index is 0.0203. The monoisotopic (exact) mass is 356 g/mol. The zero-order valence-corrected chi connectivity index (χ0v) is 13.9. The van der Waals surface area contributed by atoms with Gasteiger partial charge in [0.1, 0.15) is 10.1 Å². The number of carbonyl (C=O) groups is 1. The van der Waals surface area contributed by atoms with Crippen LogP contribution in [0, 0.1) is 11.3 Å². The van der Waals surface area contributed by atoms with E-state index in [2.05, 4.69) is 4.99 Å². The molecule has 126 valence electrons. The molecule has 0 amide bonds. The lowest BCUT2D eigenvalue weighted by atomic mass is 10.1. The lowest BCUT2D eigenvalue weighted by Gasteiger charge is -2.18. The molecular formula is C16H12N4O4S. The first-order chi connectivity index (χ1) is 11.9. The van der Waals surface area contributed by atoms with Gasteiger partial charge in [-0.15, -0.1) is 0 Å². The van der Waals surface area contributed by atoms with Gasteiger partial charge in [-0.05, 0) is 17.7 Å². The Morgan fingerprint density at radius 1 is 1.36 bits per heavy atom. The molecule has 0 fully saturated rings.